The summed E-state index contributed by atoms with van der Waals surface area (Å²) in [5.41, 5.74) is 7.35. The van der Waals surface area contributed by atoms with Gasteiger partial charge in [-0.05, 0) is 66.8 Å². The third-order valence-corrected chi connectivity index (χ3v) is 5.50. The van der Waals surface area contributed by atoms with Gasteiger partial charge in [-0.15, -0.1) is 0 Å². The average Bonchev–Trinajstić information content (AvgIpc) is 2.97. The lowest BCUT2D eigenvalue weighted by Gasteiger charge is -2.19. The molecule has 0 saturated heterocycles. The molecule has 0 amide bonds. The molecule has 1 heterocycles. The predicted octanol–water partition coefficient (Wildman–Crippen LogP) is 4.59. The van der Waals surface area contributed by atoms with Crippen LogP contribution in [-0.2, 0) is 22.5 Å². The fraction of sp³-hybridized carbons (Fsp3) is 0.318. The summed E-state index contributed by atoms with van der Waals surface area (Å²) in [7, 11) is 1.41. The topological polar surface area (TPSA) is 51.5 Å². The molecule has 0 aliphatic rings. The van der Waals surface area contributed by atoms with Gasteiger partial charge in [-0.25, -0.2) is 0 Å². The maximum absolute atomic E-state index is 12.1. The first-order valence-corrected chi connectivity index (χ1v) is 9.32. The van der Waals surface area contributed by atoms with Gasteiger partial charge in [-0.2, -0.15) is 0 Å². The highest BCUT2D eigenvalue weighted by molar-refractivity contribution is 6.30. The van der Waals surface area contributed by atoms with Crippen molar-refractivity contribution in [3.63, 3.8) is 0 Å². The van der Waals surface area contributed by atoms with Crippen molar-refractivity contribution in [1.82, 2.24) is 4.57 Å². The first kappa shape index (κ1) is 19.5. The number of carbonyl (C=O) groups excluding carboxylic acids is 1. The predicted molar refractivity (Wildman–Crippen MR) is 109 cm³/mol. The molecule has 3 rings (SSSR count). The number of aromatic nitrogens is 1. The molecule has 3 aromatic rings. The molecule has 0 bridgehead atoms. The third kappa shape index (κ3) is 3.47. The lowest BCUT2D eigenvalue weighted by Crippen LogP contribution is -2.10. The first-order valence-electron chi connectivity index (χ1n) is 8.94. The summed E-state index contributed by atoms with van der Waals surface area (Å²) in [6, 6.07) is 9.80. The highest BCUT2D eigenvalue weighted by atomic mass is 35.5. The minimum absolute atomic E-state index is 0.0727. The van der Waals surface area contributed by atoms with Gasteiger partial charge >= 0.3 is 5.97 Å². The number of hydrogen-bond donors (Lipinski definition) is 1. The molecule has 0 saturated carbocycles. The number of hydrogen-bond acceptors (Lipinski definition) is 3. The summed E-state index contributed by atoms with van der Waals surface area (Å²) in [5.74, 6) is -0.265. The SMILES string of the molecule is COC(=O)Cc1c(C)c(C)c2c(cc(C)n2CCO)c1-c1ccc(Cl)cc1. The number of aliphatic hydroxyl groups is 1. The fourth-order valence-corrected chi connectivity index (χ4v) is 3.92. The zero-order chi connectivity index (χ0) is 19.7. The Morgan fingerprint density at radius 3 is 2.41 bits per heavy atom. The van der Waals surface area contributed by atoms with E-state index in [0.29, 0.717) is 11.6 Å². The Labute approximate surface area is 164 Å². The quantitative estimate of drug-likeness (QED) is 0.653. The number of methoxy groups -OCH3 is 1. The molecular weight excluding hydrogens is 362 g/mol. The molecule has 0 spiro atoms. The minimum Gasteiger partial charge on any atom is -0.469 e. The van der Waals surface area contributed by atoms with Crippen LogP contribution in [0.25, 0.3) is 22.0 Å². The zero-order valence-electron chi connectivity index (χ0n) is 16.1. The number of aryl methyl sites for hydroxylation is 2. The van der Waals surface area contributed by atoms with Crippen LogP contribution in [0.5, 0.6) is 0 Å². The van der Waals surface area contributed by atoms with Gasteiger partial charge in [-0.3, -0.25) is 4.79 Å². The Morgan fingerprint density at radius 2 is 1.81 bits per heavy atom. The van der Waals surface area contributed by atoms with Crippen LogP contribution in [0.4, 0.5) is 0 Å². The summed E-state index contributed by atoms with van der Waals surface area (Å²) in [6.07, 6.45) is 0.210. The van der Waals surface area contributed by atoms with Crippen LogP contribution in [0.3, 0.4) is 0 Å². The number of halogens is 1. The van der Waals surface area contributed by atoms with Crippen LogP contribution in [-0.4, -0.2) is 29.4 Å². The van der Waals surface area contributed by atoms with Gasteiger partial charge in [0, 0.05) is 22.6 Å². The largest absolute Gasteiger partial charge is 0.469 e. The van der Waals surface area contributed by atoms with E-state index in [1.54, 1.807) is 0 Å². The molecule has 2 aromatic carbocycles. The average molecular weight is 386 g/mol. The van der Waals surface area contributed by atoms with Gasteiger partial charge in [0.2, 0.25) is 0 Å². The molecule has 0 atom stereocenters. The highest BCUT2D eigenvalue weighted by Crippen LogP contribution is 2.39. The van der Waals surface area contributed by atoms with E-state index in [-0.39, 0.29) is 19.0 Å². The van der Waals surface area contributed by atoms with E-state index in [4.69, 9.17) is 16.3 Å². The Morgan fingerprint density at radius 1 is 1.15 bits per heavy atom. The number of esters is 1. The number of carbonyl (C=O) groups is 1. The van der Waals surface area contributed by atoms with Crippen LogP contribution in [0.1, 0.15) is 22.4 Å². The van der Waals surface area contributed by atoms with Crippen LogP contribution in [0, 0.1) is 20.8 Å². The van der Waals surface area contributed by atoms with Crippen molar-refractivity contribution in [2.24, 2.45) is 0 Å². The standard InChI is InChI=1S/C22H24ClNO3/c1-13-11-19-21(16-5-7-17(23)8-6-16)18(12-20(26)27-4)14(2)15(3)22(19)24(13)9-10-25/h5-8,11,25H,9-10,12H2,1-4H3. The van der Waals surface area contributed by atoms with Crippen molar-refractivity contribution in [3.05, 3.63) is 57.7 Å². The van der Waals surface area contributed by atoms with E-state index >= 15 is 0 Å². The third-order valence-electron chi connectivity index (χ3n) is 5.25. The zero-order valence-corrected chi connectivity index (χ0v) is 16.9. The van der Waals surface area contributed by atoms with Gasteiger partial charge in [0.05, 0.1) is 25.7 Å². The van der Waals surface area contributed by atoms with Gasteiger partial charge < -0.3 is 14.4 Å². The summed E-state index contributed by atoms with van der Waals surface area (Å²) < 4.78 is 7.08. The van der Waals surface area contributed by atoms with Gasteiger partial charge in [0.15, 0.2) is 0 Å². The van der Waals surface area contributed by atoms with Crippen LogP contribution >= 0.6 is 11.6 Å². The van der Waals surface area contributed by atoms with Crippen LogP contribution < -0.4 is 0 Å². The van der Waals surface area contributed by atoms with E-state index in [1.165, 1.54) is 7.11 Å². The van der Waals surface area contributed by atoms with Crippen molar-refractivity contribution in [1.29, 1.82) is 0 Å². The number of rotatable bonds is 5. The van der Waals surface area contributed by atoms with E-state index in [9.17, 15) is 9.90 Å². The van der Waals surface area contributed by atoms with Crippen molar-refractivity contribution in [2.45, 2.75) is 33.7 Å². The molecule has 0 radical (unpaired) electrons. The number of ether oxygens (including phenoxy) is 1. The first-order chi connectivity index (χ1) is 12.9. The van der Waals surface area contributed by atoms with Crippen LogP contribution in [0.2, 0.25) is 5.02 Å². The molecule has 0 unspecified atom stereocenters. The smallest absolute Gasteiger partial charge is 0.310 e. The Bertz CT molecular complexity index is 1000. The molecule has 5 heteroatoms. The second kappa shape index (κ2) is 7.75. The molecule has 0 aliphatic heterocycles. The number of benzene rings is 2. The fourth-order valence-electron chi connectivity index (χ4n) is 3.80. The summed E-state index contributed by atoms with van der Waals surface area (Å²) in [4.78, 5) is 12.1. The molecular formula is C22H24ClNO3. The molecule has 27 heavy (non-hydrogen) atoms. The second-order valence-electron chi connectivity index (χ2n) is 6.79. The lowest BCUT2D eigenvalue weighted by atomic mass is 9.88. The van der Waals surface area contributed by atoms with Crippen molar-refractivity contribution < 1.29 is 14.6 Å². The summed E-state index contributed by atoms with van der Waals surface area (Å²) >= 11 is 6.08. The lowest BCUT2D eigenvalue weighted by molar-refractivity contribution is -0.139. The maximum Gasteiger partial charge on any atom is 0.310 e. The molecule has 0 aliphatic carbocycles. The Hall–Kier alpha value is -2.30. The Balaban J connectivity index is 2.41. The van der Waals surface area contributed by atoms with Gasteiger partial charge in [-0.1, -0.05) is 23.7 Å². The van der Waals surface area contributed by atoms with Crippen molar-refractivity contribution >= 4 is 28.5 Å². The highest BCUT2D eigenvalue weighted by Gasteiger charge is 2.22. The number of fused-ring (bicyclic) bond motifs is 1. The van der Waals surface area contributed by atoms with Crippen molar-refractivity contribution in [2.75, 3.05) is 13.7 Å². The Kier molecular flexibility index (Phi) is 5.59. The van der Waals surface area contributed by atoms with E-state index < -0.39 is 0 Å². The molecule has 0 fully saturated rings. The summed E-state index contributed by atoms with van der Waals surface area (Å²) in [5, 5.41) is 11.3. The van der Waals surface area contributed by atoms with Gasteiger partial charge in [0.25, 0.3) is 0 Å². The van der Waals surface area contributed by atoms with E-state index in [1.807, 2.05) is 38.1 Å². The monoisotopic (exact) mass is 385 g/mol. The van der Waals surface area contributed by atoms with Crippen LogP contribution in [0.15, 0.2) is 30.3 Å². The minimum atomic E-state index is -0.265. The molecule has 1 aromatic heterocycles. The molecule has 1 N–H and O–H groups in total. The van der Waals surface area contributed by atoms with Crippen molar-refractivity contribution in [3.8, 4) is 11.1 Å². The molecule has 142 valence electrons. The number of nitrogens with zero attached hydrogens (tertiary/aromatic N) is 1. The number of aliphatic hydroxyl groups excluding tert-OH is 1. The van der Waals surface area contributed by atoms with E-state index in [2.05, 4.69) is 17.6 Å². The van der Waals surface area contributed by atoms with E-state index in [0.717, 1.165) is 44.4 Å². The normalized spacial score (nSPS) is 11.2. The summed E-state index contributed by atoms with van der Waals surface area (Å²) in [6.45, 7) is 6.75. The second-order valence-corrected chi connectivity index (χ2v) is 7.22. The van der Waals surface area contributed by atoms with Gasteiger partial charge in [0.1, 0.15) is 0 Å². The molecule has 4 nitrogen and oxygen atoms in total. The maximum atomic E-state index is 12.1.